The van der Waals surface area contributed by atoms with Crippen molar-refractivity contribution in [1.29, 1.82) is 0 Å². The van der Waals surface area contributed by atoms with Crippen LogP contribution in [0.25, 0.3) is 0 Å². The standard InChI is InChI=1S/C7H10FN3O2/c1-13-7(12)6-5-9-11(10-6)4-2-3-8/h5H,2-4H2,1H3. The van der Waals surface area contributed by atoms with Gasteiger partial charge in [0.2, 0.25) is 0 Å². The van der Waals surface area contributed by atoms with Gasteiger partial charge in [-0.1, -0.05) is 0 Å². The molecular weight excluding hydrogens is 177 g/mol. The molecule has 0 aliphatic heterocycles. The number of nitrogens with zero attached hydrogens (tertiary/aromatic N) is 3. The first-order valence-corrected chi connectivity index (χ1v) is 3.82. The van der Waals surface area contributed by atoms with E-state index in [4.69, 9.17) is 0 Å². The number of ether oxygens (including phenoxy) is 1. The maximum Gasteiger partial charge on any atom is 0.360 e. The highest BCUT2D eigenvalue weighted by molar-refractivity contribution is 5.86. The van der Waals surface area contributed by atoms with Crippen LogP contribution in [0.5, 0.6) is 0 Å². The van der Waals surface area contributed by atoms with E-state index >= 15 is 0 Å². The minimum atomic E-state index is -0.536. The first kappa shape index (κ1) is 9.63. The maximum absolute atomic E-state index is 11.7. The van der Waals surface area contributed by atoms with Gasteiger partial charge in [0.05, 0.1) is 26.5 Å². The van der Waals surface area contributed by atoms with E-state index in [0.717, 1.165) is 0 Å². The molecular formula is C7H10FN3O2. The molecule has 0 saturated heterocycles. The second-order valence-electron chi connectivity index (χ2n) is 2.36. The summed E-state index contributed by atoms with van der Waals surface area (Å²) in [6.45, 7) is -0.0530. The number of hydrogen-bond acceptors (Lipinski definition) is 4. The third-order valence-corrected chi connectivity index (χ3v) is 1.42. The Morgan fingerprint density at radius 3 is 3.15 bits per heavy atom. The minimum absolute atomic E-state index is 0.140. The topological polar surface area (TPSA) is 57.0 Å². The number of hydrogen-bond donors (Lipinski definition) is 0. The molecule has 5 nitrogen and oxygen atoms in total. The molecule has 13 heavy (non-hydrogen) atoms. The molecule has 0 atom stereocenters. The molecule has 0 amide bonds. The summed E-state index contributed by atoms with van der Waals surface area (Å²) in [6, 6.07) is 0. The predicted molar refractivity (Wildman–Crippen MR) is 42.0 cm³/mol. The zero-order chi connectivity index (χ0) is 9.68. The van der Waals surface area contributed by atoms with E-state index in [2.05, 4.69) is 14.9 Å². The zero-order valence-corrected chi connectivity index (χ0v) is 7.23. The Bertz CT molecular complexity index is 287. The van der Waals surface area contributed by atoms with Crippen molar-refractivity contribution in [1.82, 2.24) is 15.0 Å². The van der Waals surface area contributed by atoms with Crippen molar-refractivity contribution in [3.63, 3.8) is 0 Å². The summed E-state index contributed by atoms with van der Waals surface area (Å²) >= 11 is 0. The molecule has 0 spiro atoms. The number of halogens is 1. The highest BCUT2D eigenvalue weighted by Gasteiger charge is 2.09. The molecule has 0 unspecified atom stereocenters. The summed E-state index contributed by atoms with van der Waals surface area (Å²) in [4.78, 5) is 12.2. The Morgan fingerprint density at radius 1 is 1.77 bits per heavy atom. The van der Waals surface area contributed by atoms with Gasteiger partial charge < -0.3 is 4.74 Å². The van der Waals surface area contributed by atoms with Crippen LogP contribution in [0.1, 0.15) is 16.9 Å². The fourth-order valence-corrected chi connectivity index (χ4v) is 0.804. The summed E-state index contributed by atoms with van der Waals surface area (Å²) in [5, 5.41) is 7.54. The van der Waals surface area contributed by atoms with Crippen LogP contribution in [0.3, 0.4) is 0 Å². The molecule has 0 fully saturated rings. The fourth-order valence-electron chi connectivity index (χ4n) is 0.804. The van der Waals surface area contributed by atoms with Crippen molar-refractivity contribution in [3.05, 3.63) is 11.9 Å². The highest BCUT2D eigenvalue weighted by Crippen LogP contribution is 1.95. The SMILES string of the molecule is COC(=O)c1cnn(CCCF)n1. The third-order valence-electron chi connectivity index (χ3n) is 1.42. The molecule has 0 aliphatic rings. The molecule has 1 heterocycles. The molecule has 0 bridgehead atoms. The average Bonchev–Trinajstić information content (AvgIpc) is 2.62. The number of carbonyl (C=O) groups excluding carboxylic acids is 1. The summed E-state index contributed by atoms with van der Waals surface area (Å²) in [5.74, 6) is -0.536. The van der Waals surface area contributed by atoms with Crippen molar-refractivity contribution < 1.29 is 13.9 Å². The molecule has 0 radical (unpaired) electrons. The summed E-state index contributed by atoms with van der Waals surface area (Å²) in [5.41, 5.74) is 0.140. The fraction of sp³-hybridized carbons (Fsp3) is 0.571. The van der Waals surface area contributed by atoms with Gasteiger partial charge in [0, 0.05) is 0 Å². The molecule has 0 N–H and O–H groups in total. The number of aromatic nitrogens is 3. The van der Waals surface area contributed by atoms with Crippen LogP contribution >= 0.6 is 0 Å². The molecule has 0 saturated carbocycles. The van der Waals surface area contributed by atoms with E-state index in [1.54, 1.807) is 0 Å². The molecule has 0 aliphatic carbocycles. The maximum atomic E-state index is 11.7. The smallest absolute Gasteiger partial charge is 0.360 e. The van der Waals surface area contributed by atoms with Gasteiger partial charge in [-0.2, -0.15) is 9.90 Å². The molecule has 0 aromatic carbocycles. The van der Waals surface area contributed by atoms with E-state index in [1.165, 1.54) is 18.1 Å². The zero-order valence-electron chi connectivity index (χ0n) is 7.23. The van der Waals surface area contributed by atoms with Gasteiger partial charge in [-0.25, -0.2) is 4.79 Å². The van der Waals surface area contributed by atoms with Gasteiger partial charge in [-0.05, 0) is 6.42 Å². The number of rotatable bonds is 4. The predicted octanol–water partition coefficient (Wildman–Crippen LogP) is 0.424. The van der Waals surface area contributed by atoms with Gasteiger partial charge in [-0.15, -0.1) is 5.10 Å². The van der Waals surface area contributed by atoms with Crippen LogP contribution < -0.4 is 0 Å². The largest absolute Gasteiger partial charge is 0.464 e. The number of esters is 1. The van der Waals surface area contributed by atoms with Crippen LogP contribution in [0.2, 0.25) is 0 Å². The monoisotopic (exact) mass is 187 g/mol. The lowest BCUT2D eigenvalue weighted by molar-refractivity contribution is 0.0593. The third kappa shape index (κ3) is 2.50. The second kappa shape index (κ2) is 4.54. The quantitative estimate of drug-likeness (QED) is 0.641. The number of carbonyl (C=O) groups is 1. The van der Waals surface area contributed by atoms with E-state index in [9.17, 15) is 9.18 Å². The van der Waals surface area contributed by atoms with Gasteiger partial charge >= 0.3 is 5.97 Å². The van der Waals surface area contributed by atoms with Gasteiger partial charge in [0.25, 0.3) is 0 Å². The first-order valence-electron chi connectivity index (χ1n) is 3.82. The first-order chi connectivity index (χ1) is 6.27. The molecule has 1 aromatic rings. The Balaban J connectivity index is 2.58. The lowest BCUT2D eigenvalue weighted by Gasteiger charge is -1.94. The summed E-state index contributed by atoms with van der Waals surface area (Å²) in [6.07, 6.45) is 1.64. The van der Waals surface area contributed by atoms with Crippen molar-refractivity contribution in [2.24, 2.45) is 0 Å². The van der Waals surface area contributed by atoms with Gasteiger partial charge in [0.15, 0.2) is 5.69 Å². The Morgan fingerprint density at radius 2 is 2.54 bits per heavy atom. The number of methoxy groups -OCH3 is 1. The average molecular weight is 187 g/mol. The Kier molecular flexibility index (Phi) is 3.36. The molecule has 6 heteroatoms. The Labute approximate surface area is 74.5 Å². The van der Waals surface area contributed by atoms with Crippen molar-refractivity contribution in [3.8, 4) is 0 Å². The van der Waals surface area contributed by atoms with E-state index in [0.29, 0.717) is 13.0 Å². The van der Waals surface area contributed by atoms with E-state index in [1.807, 2.05) is 0 Å². The van der Waals surface area contributed by atoms with Crippen molar-refractivity contribution >= 4 is 5.97 Å². The Hall–Kier alpha value is -1.46. The van der Waals surface area contributed by atoms with E-state index < -0.39 is 12.6 Å². The van der Waals surface area contributed by atoms with Gasteiger partial charge in [-0.3, -0.25) is 4.39 Å². The van der Waals surface area contributed by atoms with Crippen LogP contribution in [-0.4, -0.2) is 34.7 Å². The number of aryl methyl sites for hydroxylation is 1. The van der Waals surface area contributed by atoms with Gasteiger partial charge in [0.1, 0.15) is 0 Å². The van der Waals surface area contributed by atoms with Crippen LogP contribution in [-0.2, 0) is 11.3 Å². The lowest BCUT2D eigenvalue weighted by Crippen LogP contribution is -2.06. The van der Waals surface area contributed by atoms with Crippen LogP contribution in [0.15, 0.2) is 6.20 Å². The summed E-state index contributed by atoms with van der Waals surface area (Å²) < 4.78 is 16.2. The van der Waals surface area contributed by atoms with E-state index in [-0.39, 0.29) is 5.69 Å². The second-order valence-corrected chi connectivity index (χ2v) is 2.36. The molecule has 72 valence electrons. The lowest BCUT2D eigenvalue weighted by atomic mass is 10.5. The van der Waals surface area contributed by atoms with Crippen LogP contribution in [0, 0.1) is 0 Å². The molecule has 1 aromatic heterocycles. The highest BCUT2D eigenvalue weighted by atomic mass is 19.1. The van der Waals surface area contributed by atoms with Crippen LogP contribution in [0.4, 0.5) is 4.39 Å². The summed E-state index contributed by atoms with van der Waals surface area (Å²) in [7, 11) is 1.27. The van der Waals surface area contributed by atoms with Crippen molar-refractivity contribution in [2.75, 3.05) is 13.8 Å². The molecule has 1 rings (SSSR count). The minimum Gasteiger partial charge on any atom is -0.464 e. The normalized spacial score (nSPS) is 10.0. The van der Waals surface area contributed by atoms with Crippen molar-refractivity contribution in [2.45, 2.75) is 13.0 Å². The number of alkyl halides is 1.